The Hall–Kier alpha value is -3.92. The third-order valence-electron chi connectivity index (χ3n) is 13.4. The van der Waals surface area contributed by atoms with E-state index in [4.69, 9.17) is 0 Å². The van der Waals surface area contributed by atoms with Gasteiger partial charge >= 0.3 is 0 Å². The first kappa shape index (κ1) is 55.4. The lowest BCUT2D eigenvalue weighted by Crippen LogP contribution is -2.19. The third-order valence-corrected chi connectivity index (χ3v) is 13.4. The van der Waals surface area contributed by atoms with Gasteiger partial charge in [-0.05, 0) is 110 Å². The molecule has 4 heteroatoms. The highest BCUT2D eigenvalue weighted by atomic mass is 16.3. The molecule has 65 heavy (non-hydrogen) atoms. The zero-order valence-corrected chi connectivity index (χ0v) is 44.2. The molecule has 4 aromatic carbocycles. The summed E-state index contributed by atoms with van der Waals surface area (Å²) in [6, 6.07) is 20.7. The van der Waals surface area contributed by atoms with E-state index in [0.717, 1.165) is 65.5 Å². The molecule has 0 aliphatic heterocycles. The number of rotatable bonds is 20. The Morgan fingerprint density at radius 3 is 1.03 bits per heavy atom. The molecule has 0 unspecified atom stereocenters. The smallest absolute Gasteiger partial charge is 0.123 e. The van der Waals surface area contributed by atoms with Crippen molar-refractivity contribution in [2.75, 3.05) is 0 Å². The summed E-state index contributed by atoms with van der Waals surface area (Å²) in [5.74, 6) is 1.39. The van der Waals surface area contributed by atoms with E-state index in [2.05, 4.69) is 140 Å². The summed E-state index contributed by atoms with van der Waals surface area (Å²) < 4.78 is 0. The summed E-state index contributed by atoms with van der Waals surface area (Å²) in [6.45, 7) is 32.7. The van der Waals surface area contributed by atoms with E-state index in [9.17, 15) is 20.4 Å². The predicted molar refractivity (Wildman–Crippen MR) is 281 cm³/mol. The van der Waals surface area contributed by atoms with Crippen LogP contribution in [0.15, 0.2) is 60.7 Å². The maximum absolute atomic E-state index is 11.4. The van der Waals surface area contributed by atoms with Crippen LogP contribution in [0, 0.1) is 0 Å². The second-order valence-electron chi connectivity index (χ2n) is 23.5. The monoisotopic (exact) mass is 891 g/mol. The zero-order valence-electron chi connectivity index (χ0n) is 44.2. The lowest BCUT2D eigenvalue weighted by Gasteiger charge is -2.31. The largest absolute Gasteiger partial charge is 0.508 e. The van der Waals surface area contributed by atoms with Crippen molar-refractivity contribution in [3.05, 3.63) is 116 Å². The van der Waals surface area contributed by atoms with Gasteiger partial charge in [0.25, 0.3) is 0 Å². The Kier molecular flexibility index (Phi) is 21.1. The summed E-state index contributed by atoms with van der Waals surface area (Å²) in [6.07, 6.45) is 20.8. The summed E-state index contributed by atoms with van der Waals surface area (Å²) in [5.41, 5.74) is 10.2. The Balaban J connectivity index is 0.000000345. The fourth-order valence-electron chi connectivity index (χ4n) is 8.83. The molecule has 0 heterocycles. The number of phenolic OH excluding ortho intramolecular Hbond substituents is 4. The van der Waals surface area contributed by atoms with Crippen molar-refractivity contribution in [2.24, 2.45) is 0 Å². The first-order valence-corrected chi connectivity index (χ1v) is 25.7. The van der Waals surface area contributed by atoms with Gasteiger partial charge in [0, 0.05) is 17.0 Å². The predicted octanol–water partition coefficient (Wildman–Crippen LogP) is 17.7. The van der Waals surface area contributed by atoms with E-state index in [-0.39, 0.29) is 27.6 Å². The number of aromatic hydroxyl groups is 4. The highest BCUT2D eigenvalue weighted by Crippen LogP contribution is 2.46. The van der Waals surface area contributed by atoms with Crippen LogP contribution in [0.3, 0.4) is 0 Å². The van der Waals surface area contributed by atoms with Gasteiger partial charge < -0.3 is 20.4 Å². The van der Waals surface area contributed by atoms with Crippen molar-refractivity contribution in [1.29, 1.82) is 0 Å². The van der Waals surface area contributed by atoms with Crippen LogP contribution in [-0.2, 0) is 40.9 Å². The van der Waals surface area contributed by atoms with Crippen LogP contribution >= 0.6 is 0 Å². The van der Waals surface area contributed by atoms with Gasteiger partial charge in [-0.1, -0.05) is 229 Å². The van der Waals surface area contributed by atoms with Crippen LogP contribution in [0.25, 0.3) is 0 Å². The van der Waals surface area contributed by atoms with Crippen molar-refractivity contribution in [2.45, 2.75) is 241 Å². The fraction of sp³-hybridized carbons (Fsp3) is 0.607. The second-order valence-corrected chi connectivity index (χ2v) is 23.5. The van der Waals surface area contributed by atoms with Crippen LogP contribution in [0.1, 0.15) is 255 Å². The minimum absolute atomic E-state index is 0.0476. The molecule has 4 aromatic rings. The summed E-state index contributed by atoms with van der Waals surface area (Å²) in [5, 5.41) is 43.4. The van der Waals surface area contributed by atoms with Gasteiger partial charge in [0.2, 0.25) is 0 Å². The molecule has 4 N–H and O–H groups in total. The van der Waals surface area contributed by atoms with Crippen LogP contribution in [0.4, 0.5) is 0 Å². The SMILES string of the molecule is CC(c1cc(C(C)(C)C)cc(C(C)(C)C)c1O)c1cc(C(C)(C)C)cc(C(C)(C)C)c1O.CCCCCCCCCc1cc(Cc2ccc(O)c(CCCCCCCCC)c2)ccc1O. The first-order chi connectivity index (χ1) is 30.3. The molecule has 0 fully saturated rings. The number of aryl methyl sites for hydroxylation is 2. The quantitative estimate of drug-likeness (QED) is 0.0667. The summed E-state index contributed by atoms with van der Waals surface area (Å²) >= 11 is 0. The summed E-state index contributed by atoms with van der Waals surface area (Å²) in [4.78, 5) is 0. The molecule has 0 aromatic heterocycles. The van der Waals surface area contributed by atoms with Crippen molar-refractivity contribution in [3.8, 4) is 23.0 Å². The first-order valence-electron chi connectivity index (χ1n) is 25.7. The van der Waals surface area contributed by atoms with E-state index in [1.165, 1.54) is 99.3 Å². The molecule has 0 aliphatic rings. The minimum atomic E-state index is -0.189. The highest BCUT2D eigenvalue weighted by molar-refractivity contribution is 5.57. The molecule has 0 saturated heterocycles. The molecular formula is C61H94O4. The van der Waals surface area contributed by atoms with Crippen molar-refractivity contribution in [1.82, 2.24) is 0 Å². The van der Waals surface area contributed by atoms with Gasteiger partial charge in [0.05, 0.1) is 0 Å². The standard InChI is InChI=1S/C31H48O2.C30H46O2/c1-3-5-7-9-11-13-15-17-28-24-26(19-21-30(28)32)23-27-20-22-31(33)29(25-27)18-16-14-12-10-8-6-4-2;1-18(21-14-19(27(2,3)4)16-23(25(21)31)29(8,9)10)22-15-20(28(5,6)7)17-24(26(22)32)30(11,12)13/h19-22,24-25,32-33H,3-18,23H2,1-2H3;14-18,31-32H,1-13H3. The molecule has 0 saturated carbocycles. The topological polar surface area (TPSA) is 80.9 Å². The molecule has 4 rings (SSSR count). The highest BCUT2D eigenvalue weighted by Gasteiger charge is 2.31. The molecule has 362 valence electrons. The Morgan fingerprint density at radius 1 is 0.400 bits per heavy atom. The van der Waals surface area contributed by atoms with Crippen LogP contribution in [0.5, 0.6) is 23.0 Å². The van der Waals surface area contributed by atoms with Gasteiger partial charge in [0.1, 0.15) is 23.0 Å². The van der Waals surface area contributed by atoms with Crippen molar-refractivity contribution < 1.29 is 20.4 Å². The Labute approximate surface area is 398 Å². The van der Waals surface area contributed by atoms with Crippen molar-refractivity contribution >= 4 is 0 Å². The van der Waals surface area contributed by atoms with Gasteiger partial charge in [0.15, 0.2) is 0 Å². The molecule has 0 bridgehead atoms. The maximum atomic E-state index is 11.4. The molecular weight excluding hydrogens is 797 g/mol. The average molecular weight is 891 g/mol. The van der Waals surface area contributed by atoms with E-state index in [1.54, 1.807) is 0 Å². The van der Waals surface area contributed by atoms with E-state index < -0.39 is 0 Å². The molecule has 4 nitrogen and oxygen atoms in total. The van der Waals surface area contributed by atoms with Gasteiger partial charge in [-0.25, -0.2) is 0 Å². The molecule has 0 atom stereocenters. The van der Waals surface area contributed by atoms with Crippen LogP contribution < -0.4 is 0 Å². The average Bonchev–Trinajstić information content (AvgIpc) is 3.20. The fourth-order valence-corrected chi connectivity index (χ4v) is 8.83. The van der Waals surface area contributed by atoms with Crippen LogP contribution in [0.2, 0.25) is 0 Å². The molecule has 0 aliphatic carbocycles. The maximum Gasteiger partial charge on any atom is 0.123 e. The second kappa shape index (κ2) is 24.7. The number of benzene rings is 4. The van der Waals surface area contributed by atoms with E-state index in [1.807, 2.05) is 24.3 Å². The number of hydrogen-bond donors (Lipinski definition) is 4. The number of hydrogen-bond acceptors (Lipinski definition) is 4. The molecule has 0 amide bonds. The molecule has 0 spiro atoms. The number of unbranched alkanes of at least 4 members (excludes halogenated alkanes) is 12. The van der Waals surface area contributed by atoms with Crippen molar-refractivity contribution in [3.63, 3.8) is 0 Å². The van der Waals surface area contributed by atoms with Gasteiger partial charge in [-0.3, -0.25) is 0 Å². The lowest BCUT2D eigenvalue weighted by atomic mass is 9.74. The summed E-state index contributed by atoms with van der Waals surface area (Å²) in [7, 11) is 0. The van der Waals surface area contributed by atoms with Crippen LogP contribution in [-0.4, -0.2) is 20.4 Å². The Morgan fingerprint density at radius 2 is 0.723 bits per heavy atom. The third kappa shape index (κ3) is 17.3. The normalized spacial score (nSPS) is 12.4. The van der Waals surface area contributed by atoms with E-state index >= 15 is 0 Å². The van der Waals surface area contributed by atoms with Gasteiger partial charge in [-0.15, -0.1) is 0 Å². The van der Waals surface area contributed by atoms with E-state index in [0.29, 0.717) is 23.0 Å². The zero-order chi connectivity index (χ0) is 48.8. The molecule has 0 radical (unpaired) electrons. The Bertz CT molecular complexity index is 1910. The minimum Gasteiger partial charge on any atom is -0.508 e. The van der Waals surface area contributed by atoms with Gasteiger partial charge in [-0.2, -0.15) is 0 Å². The lowest BCUT2D eigenvalue weighted by molar-refractivity contribution is 0.427. The number of phenols is 4.